The average Bonchev–Trinajstić information content (AvgIpc) is 2.50. The number of nitriles is 1. The molecule has 3 nitrogen and oxygen atoms in total. The Morgan fingerprint density at radius 2 is 1.71 bits per heavy atom. The third kappa shape index (κ3) is 4.54. The lowest BCUT2D eigenvalue weighted by Crippen LogP contribution is -2.14. The molecule has 0 aromatic heterocycles. The Hall–Kier alpha value is -2.47. The molecular weight excluding hydrogens is 260 g/mol. The number of anilines is 1. The van der Waals surface area contributed by atoms with E-state index < -0.39 is 0 Å². The van der Waals surface area contributed by atoms with Crippen LogP contribution in [0.1, 0.15) is 20.3 Å². The molecule has 2 rings (SSSR count). The van der Waals surface area contributed by atoms with Gasteiger partial charge in [-0.3, -0.25) is 0 Å². The fourth-order valence-corrected chi connectivity index (χ4v) is 1.88. The summed E-state index contributed by atoms with van der Waals surface area (Å²) >= 11 is 0. The summed E-state index contributed by atoms with van der Waals surface area (Å²) in [5.41, 5.74) is 0.623. The predicted octanol–water partition coefficient (Wildman–Crippen LogP) is 4.83. The summed E-state index contributed by atoms with van der Waals surface area (Å²) in [5.74, 6) is 1.60. The molecule has 0 amide bonds. The van der Waals surface area contributed by atoms with Gasteiger partial charge in [0.25, 0.3) is 0 Å². The molecule has 0 fully saturated rings. The van der Waals surface area contributed by atoms with Gasteiger partial charge in [-0.2, -0.15) is 5.26 Å². The van der Waals surface area contributed by atoms with E-state index in [0.29, 0.717) is 0 Å². The molecule has 0 atom stereocenters. The maximum Gasteiger partial charge on any atom is 0.150 e. The number of para-hydroxylation sites is 3. The van der Waals surface area contributed by atoms with Gasteiger partial charge < -0.3 is 10.1 Å². The average molecular weight is 280 g/mol. The minimum Gasteiger partial charge on any atom is -0.455 e. The molecule has 108 valence electrons. The van der Waals surface area contributed by atoms with E-state index in [1.807, 2.05) is 68.4 Å². The number of ether oxygens (including phenoxy) is 1. The highest BCUT2D eigenvalue weighted by Crippen LogP contribution is 2.29. The van der Waals surface area contributed by atoms with E-state index in [4.69, 9.17) is 10.00 Å². The SMILES string of the molecule is CC(C)(C#N)CCNc1ccccc1Oc1ccccc1. The highest BCUT2D eigenvalue weighted by molar-refractivity contribution is 5.57. The lowest BCUT2D eigenvalue weighted by atomic mass is 9.91. The topological polar surface area (TPSA) is 45.0 Å². The van der Waals surface area contributed by atoms with Crippen molar-refractivity contribution in [2.75, 3.05) is 11.9 Å². The van der Waals surface area contributed by atoms with E-state index in [-0.39, 0.29) is 5.41 Å². The molecule has 3 heteroatoms. The predicted molar refractivity (Wildman–Crippen MR) is 85.5 cm³/mol. The number of hydrogen-bond acceptors (Lipinski definition) is 3. The van der Waals surface area contributed by atoms with Crippen molar-refractivity contribution in [2.45, 2.75) is 20.3 Å². The summed E-state index contributed by atoms with van der Waals surface area (Å²) in [6.45, 7) is 4.62. The van der Waals surface area contributed by atoms with Gasteiger partial charge in [0.1, 0.15) is 5.75 Å². The molecule has 21 heavy (non-hydrogen) atoms. The summed E-state index contributed by atoms with van der Waals surface area (Å²) in [4.78, 5) is 0. The van der Waals surface area contributed by atoms with Gasteiger partial charge in [-0.05, 0) is 44.5 Å². The van der Waals surface area contributed by atoms with Gasteiger partial charge in [-0.15, -0.1) is 0 Å². The zero-order valence-electron chi connectivity index (χ0n) is 12.5. The van der Waals surface area contributed by atoms with Crippen LogP contribution in [0.3, 0.4) is 0 Å². The van der Waals surface area contributed by atoms with Crippen LogP contribution in [-0.4, -0.2) is 6.54 Å². The fraction of sp³-hybridized carbons (Fsp3) is 0.278. The molecule has 2 aromatic rings. The van der Waals surface area contributed by atoms with E-state index in [1.165, 1.54) is 0 Å². The molecule has 0 aliphatic rings. The van der Waals surface area contributed by atoms with Gasteiger partial charge in [0.15, 0.2) is 5.75 Å². The Labute approximate surface area is 126 Å². The Kier molecular flexibility index (Phi) is 4.84. The second kappa shape index (κ2) is 6.81. The van der Waals surface area contributed by atoms with Crippen LogP contribution in [0, 0.1) is 16.7 Å². The van der Waals surface area contributed by atoms with Crippen molar-refractivity contribution in [3.05, 3.63) is 54.6 Å². The van der Waals surface area contributed by atoms with Crippen molar-refractivity contribution in [1.29, 1.82) is 5.26 Å². The molecule has 0 bridgehead atoms. The van der Waals surface area contributed by atoms with Gasteiger partial charge in [-0.1, -0.05) is 30.3 Å². The smallest absolute Gasteiger partial charge is 0.150 e. The van der Waals surface area contributed by atoms with E-state index in [9.17, 15) is 0 Å². The third-order valence-electron chi connectivity index (χ3n) is 3.23. The van der Waals surface area contributed by atoms with Gasteiger partial charge in [0.2, 0.25) is 0 Å². The molecule has 0 heterocycles. The Morgan fingerprint density at radius 3 is 2.43 bits per heavy atom. The van der Waals surface area contributed by atoms with E-state index in [0.717, 1.165) is 30.2 Å². The van der Waals surface area contributed by atoms with E-state index in [1.54, 1.807) is 0 Å². The molecule has 0 spiro atoms. The van der Waals surface area contributed by atoms with Crippen molar-refractivity contribution in [1.82, 2.24) is 0 Å². The van der Waals surface area contributed by atoms with Crippen LogP contribution in [-0.2, 0) is 0 Å². The van der Waals surface area contributed by atoms with Crippen LogP contribution in [0.4, 0.5) is 5.69 Å². The van der Waals surface area contributed by atoms with Crippen LogP contribution < -0.4 is 10.1 Å². The second-order valence-electron chi connectivity index (χ2n) is 5.58. The standard InChI is InChI=1S/C18H20N2O/c1-18(2,14-19)12-13-20-16-10-6-7-11-17(16)21-15-8-4-3-5-9-15/h3-11,20H,12-13H2,1-2H3. The normalized spacial score (nSPS) is 10.7. The molecule has 0 unspecified atom stereocenters. The van der Waals surface area contributed by atoms with Gasteiger partial charge >= 0.3 is 0 Å². The quantitative estimate of drug-likeness (QED) is 0.824. The zero-order chi connectivity index (χ0) is 15.1. The number of hydrogen-bond donors (Lipinski definition) is 1. The van der Waals surface area contributed by atoms with Crippen LogP contribution in [0.2, 0.25) is 0 Å². The monoisotopic (exact) mass is 280 g/mol. The number of nitrogens with one attached hydrogen (secondary N) is 1. The third-order valence-corrected chi connectivity index (χ3v) is 3.23. The van der Waals surface area contributed by atoms with Gasteiger partial charge in [0.05, 0.1) is 17.2 Å². The summed E-state index contributed by atoms with van der Waals surface area (Å²) in [7, 11) is 0. The lowest BCUT2D eigenvalue weighted by Gasteiger charge is -2.17. The van der Waals surface area contributed by atoms with Crippen molar-refractivity contribution in [2.24, 2.45) is 5.41 Å². The van der Waals surface area contributed by atoms with Crippen LogP contribution in [0.25, 0.3) is 0 Å². The summed E-state index contributed by atoms with van der Waals surface area (Å²) in [6.07, 6.45) is 0.781. The first kappa shape index (κ1) is 14.9. The Balaban J connectivity index is 2.02. The van der Waals surface area contributed by atoms with E-state index >= 15 is 0 Å². The maximum atomic E-state index is 9.04. The summed E-state index contributed by atoms with van der Waals surface area (Å²) in [5, 5.41) is 12.4. The van der Waals surface area contributed by atoms with Crippen molar-refractivity contribution in [3.8, 4) is 17.6 Å². The van der Waals surface area contributed by atoms with Crippen LogP contribution in [0.15, 0.2) is 54.6 Å². The van der Waals surface area contributed by atoms with Gasteiger partial charge in [-0.25, -0.2) is 0 Å². The first-order valence-electron chi connectivity index (χ1n) is 7.08. The highest BCUT2D eigenvalue weighted by Gasteiger charge is 2.16. The molecule has 0 saturated heterocycles. The Bertz CT molecular complexity index is 615. The minimum atomic E-state index is -0.317. The molecule has 2 aromatic carbocycles. The molecule has 1 N–H and O–H groups in total. The van der Waals surface area contributed by atoms with Crippen molar-refractivity contribution < 1.29 is 4.74 Å². The second-order valence-corrected chi connectivity index (χ2v) is 5.58. The lowest BCUT2D eigenvalue weighted by molar-refractivity contribution is 0.463. The molecule has 0 aliphatic heterocycles. The summed E-state index contributed by atoms with van der Waals surface area (Å²) < 4.78 is 5.89. The molecule has 0 aliphatic carbocycles. The first-order valence-corrected chi connectivity index (χ1v) is 7.08. The summed E-state index contributed by atoms with van der Waals surface area (Å²) in [6, 6.07) is 19.8. The first-order chi connectivity index (χ1) is 10.1. The van der Waals surface area contributed by atoms with Crippen molar-refractivity contribution in [3.63, 3.8) is 0 Å². The fourth-order valence-electron chi connectivity index (χ4n) is 1.88. The van der Waals surface area contributed by atoms with Crippen LogP contribution in [0.5, 0.6) is 11.5 Å². The largest absolute Gasteiger partial charge is 0.455 e. The number of rotatable bonds is 6. The number of benzene rings is 2. The number of nitrogens with zero attached hydrogens (tertiary/aromatic N) is 1. The zero-order valence-corrected chi connectivity index (χ0v) is 12.5. The Morgan fingerprint density at radius 1 is 1.05 bits per heavy atom. The molecule has 0 saturated carbocycles. The maximum absolute atomic E-state index is 9.04. The van der Waals surface area contributed by atoms with Gasteiger partial charge in [0, 0.05) is 6.54 Å². The minimum absolute atomic E-state index is 0.317. The van der Waals surface area contributed by atoms with E-state index in [2.05, 4.69) is 11.4 Å². The van der Waals surface area contributed by atoms with Crippen LogP contribution >= 0.6 is 0 Å². The van der Waals surface area contributed by atoms with Crippen molar-refractivity contribution >= 4 is 5.69 Å². The molecule has 0 radical (unpaired) electrons. The highest BCUT2D eigenvalue weighted by atomic mass is 16.5. The molecular formula is C18H20N2O.